The summed E-state index contributed by atoms with van der Waals surface area (Å²) in [6.07, 6.45) is 2.48. The van der Waals surface area contributed by atoms with E-state index in [-0.39, 0.29) is 5.41 Å². The molecule has 0 amide bonds. The van der Waals surface area contributed by atoms with E-state index < -0.39 is 0 Å². The zero-order valence-corrected chi connectivity index (χ0v) is 12.8. The van der Waals surface area contributed by atoms with Crippen LogP contribution in [0.15, 0.2) is 18.2 Å². The first-order valence-electron chi connectivity index (χ1n) is 7.16. The number of nitrogens with one attached hydrogen (secondary N) is 1. The zero-order valence-electron chi connectivity index (χ0n) is 12.0. The van der Waals surface area contributed by atoms with E-state index in [4.69, 9.17) is 4.98 Å². The van der Waals surface area contributed by atoms with Crippen LogP contribution in [0.3, 0.4) is 0 Å². The van der Waals surface area contributed by atoms with Gasteiger partial charge in [-0.05, 0) is 43.5 Å². The number of piperidine rings is 1. The molecule has 0 saturated carbocycles. The second-order valence-corrected chi connectivity index (χ2v) is 7.52. The van der Waals surface area contributed by atoms with Crippen LogP contribution in [0.5, 0.6) is 0 Å². The number of rotatable bonds is 1. The van der Waals surface area contributed by atoms with Crippen molar-refractivity contribution in [2.45, 2.75) is 44.9 Å². The molecular weight excluding hydrogens is 252 g/mol. The summed E-state index contributed by atoms with van der Waals surface area (Å²) < 4.78 is 1.35. The van der Waals surface area contributed by atoms with Gasteiger partial charge >= 0.3 is 0 Å². The minimum Gasteiger partial charge on any atom is -0.317 e. The summed E-state index contributed by atoms with van der Waals surface area (Å²) >= 11 is 1.86. The van der Waals surface area contributed by atoms with E-state index in [1.54, 1.807) is 0 Å². The molecule has 0 aliphatic carbocycles. The maximum Gasteiger partial charge on any atom is 0.0992 e. The summed E-state index contributed by atoms with van der Waals surface area (Å²) in [7, 11) is 0. The molecule has 0 atom stereocenters. The lowest BCUT2D eigenvalue weighted by molar-refractivity contribution is 0.462. The van der Waals surface area contributed by atoms with Crippen LogP contribution in [0, 0.1) is 0 Å². The first kappa shape index (κ1) is 13.1. The Balaban J connectivity index is 2.07. The van der Waals surface area contributed by atoms with E-state index in [2.05, 4.69) is 44.3 Å². The van der Waals surface area contributed by atoms with Gasteiger partial charge in [0.1, 0.15) is 0 Å². The van der Waals surface area contributed by atoms with Crippen LogP contribution in [0.2, 0.25) is 0 Å². The van der Waals surface area contributed by atoms with Crippen molar-refractivity contribution < 1.29 is 0 Å². The Bertz CT molecular complexity index is 574. The number of thiazole rings is 1. The van der Waals surface area contributed by atoms with Gasteiger partial charge in [0.05, 0.1) is 15.2 Å². The molecule has 2 nitrogen and oxygen atoms in total. The van der Waals surface area contributed by atoms with Gasteiger partial charge in [0.15, 0.2) is 0 Å². The Labute approximate surface area is 119 Å². The summed E-state index contributed by atoms with van der Waals surface area (Å²) in [6.45, 7) is 9.01. The van der Waals surface area contributed by atoms with Gasteiger partial charge in [-0.2, -0.15) is 0 Å². The summed E-state index contributed by atoms with van der Waals surface area (Å²) in [5.41, 5.74) is 2.87. The van der Waals surface area contributed by atoms with Gasteiger partial charge in [-0.1, -0.05) is 32.9 Å². The van der Waals surface area contributed by atoms with E-state index in [0.717, 1.165) is 13.1 Å². The average Bonchev–Trinajstić information content (AvgIpc) is 2.83. The molecule has 0 unspecified atom stereocenters. The van der Waals surface area contributed by atoms with Gasteiger partial charge in [-0.15, -0.1) is 11.3 Å². The highest BCUT2D eigenvalue weighted by Gasteiger charge is 2.22. The summed E-state index contributed by atoms with van der Waals surface area (Å²) in [6, 6.07) is 6.70. The minimum absolute atomic E-state index is 0.148. The third-order valence-corrected chi connectivity index (χ3v) is 5.32. The monoisotopic (exact) mass is 274 g/mol. The summed E-state index contributed by atoms with van der Waals surface area (Å²) in [4.78, 5) is 4.96. The third kappa shape index (κ3) is 2.54. The second kappa shape index (κ2) is 4.88. The van der Waals surface area contributed by atoms with E-state index in [0.29, 0.717) is 5.92 Å². The molecule has 1 aliphatic heterocycles. The molecule has 2 aromatic rings. The van der Waals surface area contributed by atoms with Gasteiger partial charge in [0.2, 0.25) is 0 Å². The van der Waals surface area contributed by atoms with E-state index in [1.807, 2.05) is 11.3 Å². The molecule has 0 spiro atoms. The fourth-order valence-corrected chi connectivity index (χ4v) is 3.81. The van der Waals surface area contributed by atoms with Crippen LogP contribution in [0.1, 0.15) is 50.1 Å². The van der Waals surface area contributed by atoms with Crippen molar-refractivity contribution in [3.05, 3.63) is 28.8 Å². The highest BCUT2D eigenvalue weighted by molar-refractivity contribution is 7.18. The standard InChI is InChI=1S/C16H22N2S/c1-16(2,3)15-18-14-12(5-4-6-13(14)19-15)11-7-9-17-10-8-11/h4-6,11,17H,7-10H2,1-3H3. The van der Waals surface area contributed by atoms with Crippen molar-refractivity contribution in [3.63, 3.8) is 0 Å². The predicted molar refractivity (Wildman–Crippen MR) is 83.2 cm³/mol. The highest BCUT2D eigenvalue weighted by atomic mass is 32.1. The van der Waals surface area contributed by atoms with Crippen molar-refractivity contribution >= 4 is 21.6 Å². The Morgan fingerprint density at radius 3 is 2.63 bits per heavy atom. The van der Waals surface area contributed by atoms with Crippen LogP contribution in [-0.4, -0.2) is 18.1 Å². The normalized spacial score (nSPS) is 18.1. The topological polar surface area (TPSA) is 24.9 Å². The largest absolute Gasteiger partial charge is 0.317 e. The number of benzene rings is 1. The smallest absolute Gasteiger partial charge is 0.0992 e. The van der Waals surface area contributed by atoms with E-state index in [1.165, 1.54) is 33.6 Å². The Kier molecular flexibility index (Phi) is 3.35. The molecule has 102 valence electrons. The molecular formula is C16H22N2S. The van der Waals surface area contributed by atoms with Crippen molar-refractivity contribution in [3.8, 4) is 0 Å². The van der Waals surface area contributed by atoms with Crippen molar-refractivity contribution in [1.29, 1.82) is 0 Å². The zero-order chi connectivity index (χ0) is 13.5. The lowest BCUT2D eigenvalue weighted by atomic mass is 9.89. The fourth-order valence-electron chi connectivity index (χ4n) is 2.75. The highest BCUT2D eigenvalue weighted by Crippen LogP contribution is 2.36. The van der Waals surface area contributed by atoms with Crippen LogP contribution in [0.4, 0.5) is 0 Å². The van der Waals surface area contributed by atoms with Crippen LogP contribution < -0.4 is 5.32 Å². The maximum atomic E-state index is 4.96. The van der Waals surface area contributed by atoms with Gasteiger partial charge in [0, 0.05) is 5.41 Å². The van der Waals surface area contributed by atoms with Crippen molar-refractivity contribution in [2.24, 2.45) is 0 Å². The molecule has 2 heterocycles. The van der Waals surface area contributed by atoms with Crippen LogP contribution in [-0.2, 0) is 5.41 Å². The molecule has 3 heteroatoms. The number of para-hydroxylation sites is 1. The molecule has 1 aliphatic rings. The van der Waals surface area contributed by atoms with Gasteiger partial charge in [-0.3, -0.25) is 0 Å². The van der Waals surface area contributed by atoms with E-state index in [9.17, 15) is 0 Å². The van der Waals surface area contributed by atoms with Crippen molar-refractivity contribution in [2.75, 3.05) is 13.1 Å². The number of hydrogen-bond donors (Lipinski definition) is 1. The summed E-state index contributed by atoms with van der Waals surface area (Å²) in [5, 5.41) is 4.70. The molecule has 1 aromatic carbocycles. The lowest BCUT2D eigenvalue weighted by Crippen LogP contribution is -2.26. The number of fused-ring (bicyclic) bond motifs is 1. The van der Waals surface area contributed by atoms with Gasteiger partial charge < -0.3 is 5.32 Å². The molecule has 1 fully saturated rings. The van der Waals surface area contributed by atoms with Gasteiger partial charge in [0.25, 0.3) is 0 Å². The average molecular weight is 274 g/mol. The quantitative estimate of drug-likeness (QED) is 0.848. The van der Waals surface area contributed by atoms with Crippen molar-refractivity contribution in [1.82, 2.24) is 10.3 Å². The Hall–Kier alpha value is -0.930. The fraction of sp³-hybridized carbons (Fsp3) is 0.562. The molecule has 1 aromatic heterocycles. The third-order valence-electron chi connectivity index (χ3n) is 3.87. The Morgan fingerprint density at radius 2 is 1.95 bits per heavy atom. The molecule has 0 radical (unpaired) electrons. The van der Waals surface area contributed by atoms with Gasteiger partial charge in [-0.25, -0.2) is 4.98 Å². The Morgan fingerprint density at radius 1 is 1.21 bits per heavy atom. The molecule has 0 bridgehead atoms. The maximum absolute atomic E-state index is 4.96. The molecule has 19 heavy (non-hydrogen) atoms. The predicted octanol–water partition coefficient (Wildman–Crippen LogP) is 4.06. The molecule has 1 N–H and O–H groups in total. The second-order valence-electron chi connectivity index (χ2n) is 6.49. The molecule has 3 rings (SSSR count). The number of aromatic nitrogens is 1. The first-order valence-corrected chi connectivity index (χ1v) is 7.98. The van der Waals surface area contributed by atoms with Crippen LogP contribution in [0.25, 0.3) is 10.2 Å². The molecule has 1 saturated heterocycles. The summed E-state index contributed by atoms with van der Waals surface area (Å²) in [5.74, 6) is 0.680. The lowest BCUT2D eigenvalue weighted by Gasteiger charge is -2.23. The number of hydrogen-bond acceptors (Lipinski definition) is 3. The van der Waals surface area contributed by atoms with E-state index >= 15 is 0 Å². The van der Waals surface area contributed by atoms with Crippen LogP contribution >= 0.6 is 11.3 Å². The minimum atomic E-state index is 0.148. The SMILES string of the molecule is CC(C)(C)c1nc2c(C3CCNCC3)cccc2s1. The first-order chi connectivity index (χ1) is 9.05. The number of nitrogens with zero attached hydrogens (tertiary/aromatic N) is 1.